The predicted octanol–water partition coefficient (Wildman–Crippen LogP) is 3.18. The summed E-state index contributed by atoms with van der Waals surface area (Å²) in [6, 6.07) is 15.9. The molecule has 0 aliphatic carbocycles. The predicted molar refractivity (Wildman–Crippen MR) is 132 cm³/mol. The maximum Gasteiger partial charge on any atom is 0.331 e. The quantitative estimate of drug-likeness (QED) is 0.336. The first-order chi connectivity index (χ1) is 16.2. The van der Waals surface area contributed by atoms with Crippen LogP contribution < -0.4 is 16.2 Å². The topological polar surface area (TPSA) is 122 Å². The van der Waals surface area contributed by atoms with E-state index in [0.717, 1.165) is 11.0 Å². The fourth-order valence-corrected chi connectivity index (χ4v) is 3.81. The molecule has 0 fully saturated rings. The number of carboxylic acids is 1. The van der Waals surface area contributed by atoms with Crippen LogP contribution in [0.2, 0.25) is 0 Å². The minimum atomic E-state index is -1.16. The van der Waals surface area contributed by atoms with E-state index >= 15 is 0 Å². The van der Waals surface area contributed by atoms with Crippen molar-refractivity contribution in [1.82, 2.24) is 9.36 Å². The van der Waals surface area contributed by atoms with Gasteiger partial charge in [-0.05, 0) is 50.2 Å². The van der Waals surface area contributed by atoms with Gasteiger partial charge in [-0.25, -0.2) is 9.48 Å². The minimum absolute atomic E-state index is 0.0696. The number of aliphatic carboxylic acids is 1. The summed E-state index contributed by atoms with van der Waals surface area (Å²) in [5, 5.41) is 14.1. The van der Waals surface area contributed by atoms with Gasteiger partial charge in [-0.15, -0.1) is 11.8 Å². The van der Waals surface area contributed by atoms with E-state index in [1.807, 2.05) is 30.3 Å². The number of rotatable bonds is 8. The third-order valence-corrected chi connectivity index (χ3v) is 6.01. The lowest BCUT2D eigenvalue weighted by molar-refractivity contribution is -0.132. The molecule has 0 bridgehead atoms. The molecule has 0 saturated carbocycles. The summed E-state index contributed by atoms with van der Waals surface area (Å²) in [4.78, 5) is 48.8. The summed E-state index contributed by atoms with van der Waals surface area (Å²) in [5.74, 6) is -1.93. The highest BCUT2D eigenvalue weighted by Gasteiger charge is 2.18. The van der Waals surface area contributed by atoms with Crippen molar-refractivity contribution >= 4 is 40.9 Å². The number of carbonyl (C=O) groups excluding carboxylic acids is 2. The van der Waals surface area contributed by atoms with Crippen LogP contribution in [0.15, 0.2) is 75.9 Å². The molecule has 0 radical (unpaired) electrons. The summed E-state index contributed by atoms with van der Waals surface area (Å²) in [7, 11) is 1.76. The molecule has 176 valence electrons. The highest BCUT2D eigenvalue weighted by atomic mass is 32.2. The molecule has 0 spiro atoms. The van der Waals surface area contributed by atoms with E-state index in [4.69, 9.17) is 5.11 Å². The van der Waals surface area contributed by atoms with E-state index in [0.29, 0.717) is 17.1 Å². The lowest BCUT2D eigenvalue weighted by Crippen LogP contribution is -2.23. The number of carboxylic acid groups (broad SMARTS) is 1. The van der Waals surface area contributed by atoms with Crippen molar-refractivity contribution in [2.24, 2.45) is 7.05 Å². The van der Waals surface area contributed by atoms with Gasteiger partial charge < -0.3 is 15.7 Å². The van der Waals surface area contributed by atoms with Crippen LogP contribution in [0.5, 0.6) is 0 Å². The van der Waals surface area contributed by atoms with Gasteiger partial charge in [-0.2, -0.15) is 0 Å². The van der Waals surface area contributed by atoms with Crippen LogP contribution in [0.25, 0.3) is 5.69 Å². The molecular formula is C24H24N4O5S. The lowest BCUT2D eigenvalue weighted by atomic mass is 10.2. The number of nitrogens with one attached hydrogen (secondary N) is 2. The van der Waals surface area contributed by atoms with E-state index < -0.39 is 11.9 Å². The monoisotopic (exact) mass is 480 g/mol. The Morgan fingerprint density at radius 3 is 2.29 bits per heavy atom. The summed E-state index contributed by atoms with van der Waals surface area (Å²) >= 11 is 1.28. The number of hydrogen-bond acceptors (Lipinski definition) is 5. The number of carbonyl (C=O) groups is 3. The average Bonchev–Trinajstić information content (AvgIpc) is 3.02. The number of aromatic nitrogens is 2. The first kappa shape index (κ1) is 24.6. The number of benzene rings is 2. The molecule has 3 rings (SSSR count). The van der Waals surface area contributed by atoms with Crippen molar-refractivity contribution in [2.75, 3.05) is 16.4 Å². The number of thioether (sulfide) groups is 1. The fraction of sp³-hybridized carbons (Fsp3) is 0.167. The third kappa shape index (κ3) is 5.84. The maximum absolute atomic E-state index is 12.9. The molecule has 0 unspecified atom stereocenters. The first-order valence-corrected chi connectivity index (χ1v) is 11.2. The number of para-hydroxylation sites is 1. The van der Waals surface area contributed by atoms with E-state index in [1.165, 1.54) is 23.4 Å². The third-order valence-electron chi connectivity index (χ3n) is 5.00. The van der Waals surface area contributed by atoms with Crippen LogP contribution in [-0.4, -0.2) is 38.0 Å². The Morgan fingerprint density at radius 2 is 1.68 bits per heavy atom. The molecular weight excluding hydrogens is 456 g/mol. The van der Waals surface area contributed by atoms with E-state index in [2.05, 4.69) is 10.6 Å². The van der Waals surface area contributed by atoms with Gasteiger partial charge in [0.05, 0.1) is 17.1 Å². The van der Waals surface area contributed by atoms with Crippen molar-refractivity contribution in [3.8, 4) is 5.69 Å². The van der Waals surface area contributed by atoms with Crippen molar-refractivity contribution in [2.45, 2.75) is 18.7 Å². The van der Waals surface area contributed by atoms with E-state index in [1.54, 1.807) is 42.9 Å². The van der Waals surface area contributed by atoms with Gasteiger partial charge in [0.15, 0.2) is 0 Å². The number of hydrogen-bond donors (Lipinski definition) is 3. The number of amides is 2. The summed E-state index contributed by atoms with van der Waals surface area (Å²) < 4.78 is 3.19. The zero-order valence-corrected chi connectivity index (χ0v) is 19.7. The van der Waals surface area contributed by atoms with E-state index in [9.17, 15) is 19.2 Å². The Kier molecular flexibility index (Phi) is 7.75. The van der Waals surface area contributed by atoms with Crippen LogP contribution in [0.1, 0.15) is 12.6 Å². The Balaban J connectivity index is 1.61. The van der Waals surface area contributed by atoms with Crippen LogP contribution in [0, 0.1) is 6.92 Å². The highest BCUT2D eigenvalue weighted by Crippen LogP contribution is 2.21. The highest BCUT2D eigenvalue weighted by molar-refractivity contribution is 8.00. The first-order valence-electron chi connectivity index (χ1n) is 10.3. The maximum atomic E-state index is 12.9. The van der Waals surface area contributed by atoms with Crippen molar-refractivity contribution in [3.05, 3.63) is 82.3 Å². The fourth-order valence-electron chi connectivity index (χ4n) is 3.11. The van der Waals surface area contributed by atoms with Crippen LogP contribution >= 0.6 is 11.8 Å². The normalized spacial score (nSPS) is 11.2. The van der Waals surface area contributed by atoms with E-state index in [-0.39, 0.29) is 28.5 Å². The second-order valence-electron chi connectivity index (χ2n) is 7.42. The second kappa shape index (κ2) is 10.7. The van der Waals surface area contributed by atoms with Crippen LogP contribution in [0.4, 0.5) is 11.4 Å². The largest absolute Gasteiger partial charge is 0.478 e. The molecule has 10 heteroatoms. The molecule has 0 aliphatic rings. The second-order valence-corrected chi connectivity index (χ2v) is 8.47. The molecule has 1 heterocycles. The lowest BCUT2D eigenvalue weighted by Gasteiger charge is -2.07. The molecule has 3 N–H and O–H groups in total. The van der Waals surface area contributed by atoms with Gasteiger partial charge in [-0.1, -0.05) is 18.2 Å². The van der Waals surface area contributed by atoms with Crippen molar-refractivity contribution in [1.29, 1.82) is 0 Å². The molecule has 34 heavy (non-hydrogen) atoms. The zero-order chi connectivity index (χ0) is 24.8. The Hall–Kier alpha value is -4.05. The molecule has 9 nitrogen and oxygen atoms in total. The molecule has 2 aromatic carbocycles. The summed E-state index contributed by atoms with van der Waals surface area (Å²) in [6.07, 6.45) is 1.01. The molecule has 2 amide bonds. The van der Waals surface area contributed by atoms with Crippen molar-refractivity contribution < 1.29 is 19.5 Å². The molecule has 1 aromatic heterocycles. The molecule has 0 aliphatic heterocycles. The zero-order valence-electron chi connectivity index (χ0n) is 18.9. The van der Waals surface area contributed by atoms with Crippen molar-refractivity contribution in [3.63, 3.8) is 0 Å². The SMILES string of the molecule is CC(=CC(=O)Nc1ccc(SCC(=O)Nc2c(C)n(C)n(-c3ccccc3)c2=O)cc1)C(=O)O. The van der Waals surface area contributed by atoms with Crippen LogP contribution in [0.3, 0.4) is 0 Å². The minimum Gasteiger partial charge on any atom is -0.478 e. The smallest absolute Gasteiger partial charge is 0.331 e. The summed E-state index contributed by atoms with van der Waals surface area (Å²) in [5.41, 5.74) is 1.69. The number of nitrogens with zero attached hydrogens (tertiary/aromatic N) is 2. The molecule has 0 saturated heterocycles. The Morgan fingerprint density at radius 1 is 1.03 bits per heavy atom. The standard InChI is InChI=1S/C24H24N4O5S/c1-15(24(32)33)13-20(29)25-17-9-11-19(12-10-17)34-14-21(30)26-22-16(2)27(3)28(23(22)31)18-7-5-4-6-8-18/h4-13H,14H2,1-3H3,(H,25,29)(H,26,30)(H,32,33). The Bertz CT molecular complexity index is 1310. The Labute approximate surface area is 200 Å². The summed E-state index contributed by atoms with van der Waals surface area (Å²) in [6.45, 7) is 3.10. The average molecular weight is 481 g/mol. The molecule has 3 aromatic rings. The van der Waals surface area contributed by atoms with Crippen LogP contribution in [-0.2, 0) is 21.4 Å². The van der Waals surface area contributed by atoms with Gasteiger partial charge in [0, 0.05) is 29.3 Å². The van der Waals surface area contributed by atoms with Gasteiger partial charge in [0.25, 0.3) is 5.56 Å². The van der Waals surface area contributed by atoms with Gasteiger partial charge in [0.2, 0.25) is 11.8 Å². The van der Waals surface area contributed by atoms with Gasteiger partial charge >= 0.3 is 5.97 Å². The van der Waals surface area contributed by atoms with Gasteiger partial charge in [-0.3, -0.25) is 19.1 Å². The van der Waals surface area contributed by atoms with Gasteiger partial charge in [0.1, 0.15) is 5.69 Å². The number of anilines is 2. The molecule has 0 atom stereocenters.